The lowest BCUT2D eigenvalue weighted by molar-refractivity contribution is 0.154. The van der Waals surface area contributed by atoms with Crippen LogP contribution >= 0.6 is 0 Å². The van der Waals surface area contributed by atoms with Gasteiger partial charge in [-0.15, -0.1) is 0 Å². The molecule has 2 aromatic heterocycles. The number of imidazole rings is 1. The van der Waals surface area contributed by atoms with Crippen molar-refractivity contribution in [2.24, 2.45) is 7.05 Å². The fourth-order valence-electron chi connectivity index (χ4n) is 4.33. The second kappa shape index (κ2) is 8.22. The van der Waals surface area contributed by atoms with Crippen LogP contribution in [0.3, 0.4) is 0 Å². The van der Waals surface area contributed by atoms with E-state index in [9.17, 15) is 9.59 Å². The molecule has 2 saturated carbocycles. The Bertz CT molecular complexity index is 1220. The Morgan fingerprint density at radius 3 is 2.53 bits per heavy atom. The van der Waals surface area contributed by atoms with E-state index < -0.39 is 6.09 Å². The summed E-state index contributed by atoms with van der Waals surface area (Å²) in [4.78, 5) is 29.4. The molecule has 3 aromatic rings. The molecule has 1 aromatic carbocycles. The molecule has 9 nitrogen and oxygen atoms in total. The van der Waals surface area contributed by atoms with Crippen molar-refractivity contribution < 1.29 is 14.3 Å². The van der Waals surface area contributed by atoms with Crippen molar-refractivity contribution in [3.05, 3.63) is 40.9 Å². The molecule has 5 rings (SSSR count). The molecule has 168 valence electrons. The van der Waals surface area contributed by atoms with E-state index in [1.807, 2.05) is 16.7 Å². The fourth-order valence-corrected chi connectivity index (χ4v) is 4.33. The highest BCUT2D eigenvalue weighted by Crippen LogP contribution is 2.32. The Morgan fingerprint density at radius 1 is 1.06 bits per heavy atom. The number of ether oxygens (including phenoxy) is 2. The molecule has 0 aliphatic heterocycles. The molecular formula is C23H27N5O4. The predicted octanol–water partition coefficient (Wildman–Crippen LogP) is 4.31. The van der Waals surface area contributed by atoms with Crippen molar-refractivity contribution in [2.45, 2.75) is 50.7 Å². The molecule has 0 radical (unpaired) electrons. The monoisotopic (exact) mass is 437 g/mol. The number of fused-ring (bicyclic) bond motifs is 1. The number of aromatic nitrogens is 3. The van der Waals surface area contributed by atoms with Gasteiger partial charge in [0.2, 0.25) is 0 Å². The Kier molecular flexibility index (Phi) is 5.24. The van der Waals surface area contributed by atoms with Crippen LogP contribution in [-0.4, -0.2) is 33.4 Å². The number of carbonyl (C=O) groups is 1. The number of aryl methyl sites for hydroxylation is 1. The number of amides is 1. The quantitative estimate of drug-likeness (QED) is 0.596. The van der Waals surface area contributed by atoms with Gasteiger partial charge in [-0.25, -0.2) is 14.6 Å². The lowest BCUT2D eigenvalue weighted by Gasteiger charge is -2.13. The number of nitrogens with one attached hydrogen (secondary N) is 2. The number of carbonyl (C=O) groups excluding carboxylic acids is 1. The maximum atomic E-state index is 12.9. The molecule has 1 amide bonds. The molecule has 2 N–H and O–H groups in total. The molecule has 2 fully saturated rings. The minimum Gasteiger partial charge on any atom is -0.497 e. The third kappa shape index (κ3) is 4.02. The van der Waals surface area contributed by atoms with E-state index in [1.54, 1.807) is 37.1 Å². The number of rotatable bonds is 6. The van der Waals surface area contributed by atoms with E-state index >= 15 is 0 Å². The van der Waals surface area contributed by atoms with E-state index in [4.69, 9.17) is 9.47 Å². The molecule has 0 atom stereocenters. The van der Waals surface area contributed by atoms with Gasteiger partial charge in [-0.1, -0.05) is 12.8 Å². The van der Waals surface area contributed by atoms with Crippen LogP contribution in [0.25, 0.3) is 11.0 Å². The van der Waals surface area contributed by atoms with Gasteiger partial charge < -0.3 is 14.8 Å². The molecule has 2 aliphatic rings. The van der Waals surface area contributed by atoms with Gasteiger partial charge in [0, 0.05) is 42.7 Å². The van der Waals surface area contributed by atoms with Gasteiger partial charge in [0.1, 0.15) is 17.7 Å². The summed E-state index contributed by atoms with van der Waals surface area (Å²) in [5.41, 5.74) is 2.93. The summed E-state index contributed by atoms with van der Waals surface area (Å²) >= 11 is 0. The van der Waals surface area contributed by atoms with Crippen LogP contribution in [0.1, 0.15) is 44.6 Å². The highest BCUT2D eigenvalue weighted by Gasteiger charge is 2.26. The first-order chi connectivity index (χ1) is 15.5. The Labute approximate surface area is 185 Å². The van der Waals surface area contributed by atoms with Gasteiger partial charge in [-0.3, -0.25) is 14.5 Å². The minimum atomic E-state index is -0.476. The molecular weight excluding hydrogens is 410 g/mol. The van der Waals surface area contributed by atoms with Gasteiger partial charge in [-0.05, 0) is 31.7 Å². The van der Waals surface area contributed by atoms with Gasteiger partial charge in [-0.2, -0.15) is 0 Å². The van der Waals surface area contributed by atoms with Crippen LogP contribution in [0.4, 0.5) is 22.0 Å². The molecule has 9 heteroatoms. The second-order valence-corrected chi connectivity index (χ2v) is 8.51. The average molecular weight is 438 g/mol. The lowest BCUT2D eigenvalue weighted by atomic mass is 10.2. The van der Waals surface area contributed by atoms with Crippen LogP contribution < -0.4 is 21.1 Å². The van der Waals surface area contributed by atoms with Crippen molar-refractivity contribution in [1.29, 1.82) is 0 Å². The molecule has 32 heavy (non-hydrogen) atoms. The Hall–Kier alpha value is -3.49. The smallest absolute Gasteiger partial charge is 0.411 e. The molecule has 0 saturated heterocycles. The number of pyridine rings is 1. The number of hydrogen-bond acceptors (Lipinski definition) is 6. The zero-order valence-corrected chi connectivity index (χ0v) is 18.3. The number of hydrogen-bond donors (Lipinski definition) is 2. The molecule has 2 heterocycles. The van der Waals surface area contributed by atoms with Gasteiger partial charge in [0.25, 0.3) is 0 Å². The van der Waals surface area contributed by atoms with Crippen LogP contribution in [0, 0.1) is 0 Å². The summed E-state index contributed by atoms with van der Waals surface area (Å²) in [6.07, 6.45) is 7.43. The third-order valence-corrected chi connectivity index (χ3v) is 6.12. The topological polar surface area (TPSA) is 99.4 Å². The summed E-state index contributed by atoms with van der Waals surface area (Å²) in [6, 6.07) is 7.47. The molecule has 0 unspecified atom stereocenters. The van der Waals surface area contributed by atoms with Crippen LogP contribution in [0.15, 0.2) is 35.3 Å². The van der Waals surface area contributed by atoms with E-state index in [-0.39, 0.29) is 17.8 Å². The van der Waals surface area contributed by atoms with E-state index in [0.29, 0.717) is 22.9 Å². The van der Waals surface area contributed by atoms with E-state index in [1.165, 1.54) is 0 Å². The zero-order valence-electron chi connectivity index (χ0n) is 18.3. The van der Waals surface area contributed by atoms with E-state index in [0.717, 1.165) is 49.6 Å². The normalized spacial score (nSPS) is 16.3. The van der Waals surface area contributed by atoms with E-state index in [2.05, 4.69) is 15.6 Å². The maximum absolute atomic E-state index is 12.9. The average Bonchev–Trinajstić information content (AvgIpc) is 3.34. The van der Waals surface area contributed by atoms with Crippen molar-refractivity contribution in [1.82, 2.24) is 14.1 Å². The predicted molar refractivity (Wildman–Crippen MR) is 122 cm³/mol. The zero-order chi connectivity index (χ0) is 22.2. The molecule has 0 spiro atoms. The third-order valence-electron chi connectivity index (χ3n) is 6.12. The Morgan fingerprint density at radius 2 is 1.81 bits per heavy atom. The first-order valence-electron chi connectivity index (χ1n) is 11.0. The summed E-state index contributed by atoms with van der Waals surface area (Å²) in [7, 11) is 3.35. The van der Waals surface area contributed by atoms with Crippen molar-refractivity contribution >= 4 is 34.3 Å². The summed E-state index contributed by atoms with van der Waals surface area (Å²) in [5, 5.41) is 6.03. The first-order valence-corrected chi connectivity index (χ1v) is 11.0. The second-order valence-electron chi connectivity index (χ2n) is 8.51. The highest BCUT2D eigenvalue weighted by molar-refractivity contribution is 5.86. The van der Waals surface area contributed by atoms with Crippen molar-refractivity contribution in [3.63, 3.8) is 0 Å². The highest BCUT2D eigenvalue weighted by atomic mass is 16.6. The fraction of sp³-hybridized carbons (Fsp3) is 0.435. The SMILES string of the molecule is COc1cc(NC(=O)OC2CC2)cc(Nc2cc3c(cn2)n(C)c(=O)n3C2CCCC2)c1. The van der Waals surface area contributed by atoms with Gasteiger partial charge in [0.05, 0.1) is 24.3 Å². The number of benzene rings is 1. The minimum absolute atomic E-state index is 0.00658. The van der Waals surface area contributed by atoms with Gasteiger partial charge in [0.15, 0.2) is 0 Å². The summed E-state index contributed by atoms with van der Waals surface area (Å²) < 4.78 is 14.2. The standard InChI is InChI=1S/C23H27N5O4/c1-27-20-13-24-21(12-19(20)28(23(27)30)16-5-3-4-6-16)25-14-9-15(11-18(10-14)31-2)26-22(29)32-17-7-8-17/h9-13,16-17H,3-8H2,1-2H3,(H,24,25)(H,26,29). The van der Waals surface area contributed by atoms with Crippen molar-refractivity contribution in [3.8, 4) is 5.75 Å². The molecule has 0 bridgehead atoms. The lowest BCUT2D eigenvalue weighted by Crippen LogP contribution is -2.24. The maximum Gasteiger partial charge on any atom is 0.411 e. The summed E-state index contributed by atoms with van der Waals surface area (Å²) in [6.45, 7) is 0. The summed E-state index contributed by atoms with van der Waals surface area (Å²) in [5.74, 6) is 1.19. The van der Waals surface area contributed by atoms with Crippen molar-refractivity contribution in [2.75, 3.05) is 17.7 Å². The number of methoxy groups -OCH3 is 1. The van der Waals surface area contributed by atoms with Crippen LogP contribution in [0.5, 0.6) is 5.75 Å². The van der Waals surface area contributed by atoms with Crippen LogP contribution in [-0.2, 0) is 11.8 Å². The number of nitrogens with zero attached hydrogens (tertiary/aromatic N) is 3. The Balaban J connectivity index is 1.44. The van der Waals surface area contributed by atoms with Crippen LogP contribution in [0.2, 0.25) is 0 Å². The van der Waals surface area contributed by atoms with Gasteiger partial charge >= 0.3 is 11.8 Å². The first kappa shape index (κ1) is 20.4. The molecule has 2 aliphatic carbocycles. The number of anilines is 3. The largest absolute Gasteiger partial charge is 0.497 e.